The molecule has 60 heavy (non-hydrogen) atoms. The second kappa shape index (κ2) is 14.2. The van der Waals surface area contributed by atoms with E-state index in [-0.39, 0.29) is 0 Å². The van der Waals surface area contributed by atoms with E-state index in [1.807, 2.05) is 48.5 Å². The van der Waals surface area contributed by atoms with Crippen LogP contribution in [0, 0.1) is 22.7 Å². The maximum absolute atomic E-state index is 9.18. The number of rotatable bonds is 6. The highest BCUT2D eigenvalue weighted by Crippen LogP contribution is 2.42. The molecule has 9 aromatic carbocycles. The average Bonchev–Trinajstić information content (AvgIpc) is 3.85. The molecule has 4 nitrogen and oxygen atoms in total. The van der Waals surface area contributed by atoms with Crippen molar-refractivity contribution in [3.8, 4) is 68.0 Å². The standard InChI is InChI=1S/C56H34N4/c57-35-37-9-13-39(14-10-37)41-17-21-43(22-18-41)45-25-29-47(30-26-45)59-51-7-3-1-5-49(51)55-53(59)33-34-54-56(55)50-6-2-4-8-52(50)60(54)48-31-27-46(28-32-48)44-23-19-42(20-24-44)40-15-11-38(36-58)12-16-40/h1-34H. The summed E-state index contributed by atoms with van der Waals surface area (Å²) in [5.41, 5.74) is 17.3. The van der Waals surface area contributed by atoms with Gasteiger partial charge in [0.15, 0.2) is 0 Å². The van der Waals surface area contributed by atoms with Crippen LogP contribution in [-0.4, -0.2) is 9.13 Å². The molecule has 0 N–H and O–H groups in total. The van der Waals surface area contributed by atoms with Gasteiger partial charge in [0.1, 0.15) is 0 Å². The van der Waals surface area contributed by atoms with Crippen molar-refractivity contribution in [2.75, 3.05) is 0 Å². The van der Waals surface area contributed by atoms with E-state index in [2.05, 4.69) is 179 Å². The van der Waals surface area contributed by atoms with E-state index in [9.17, 15) is 10.5 Å². The minimum absolute atomic E-state index is 0.665. The minimum Gasteiger partial charge on any atom is -0.309 e. The predicted molar refractivity (Wildman–Crippen MR) is 246 cm³/mol. The summed E-state index contributed by atoms with van der Waals surface area (Å²) in [6, 6.07) is 76.9. The molecule has 0 unspecified atom stereocenters. The molecule has 11 rings (SSSR count). The smallest absolute Gasteiger partial charge is 0.0991 e. The van der Waals surface area contributed by atoms with Crippen molar-refractivity contribution in [1.82, 2.24) is 9.13 Å². The zero-order valence-electron chi connectivity index (χ0n) is 32.4. The van der Waals surface area contributed by atoms with Gasteiger partial charge in [-0.3, -0.25) is 0 Å². The number of nitriles is 2. The summed E-state index contributed by atoms with van der Waals surface area (Å²) in [6.45, 7) is 0. The Kier molecular flexibility index (Phi) is 8.22. The van der Waals surface area contributed by atoms with Crippen molar-refractivity contribution >= 4 is 43.6 Å². The molecule has 2 heterocycles. The van der Waals surface area contributed by atoms with E-state index in [1.165, 1.54) is 43.6 Å². The highest BCUT2D eigenvalue weighted by Gasteiger charge is 2.20. The van der Waals surface area contributed by atoms with Crippen molar-refractivity contribution in [3.05, 3.63) is 217 Å². The SMILES string of the molecule is N#Cc1ccc(-c2ccc(-c3ccc(-n4c5ccccc5c5c6c7ccccc7n(-c7ccc(-c8ccc(-c9ccc(C#N)cc9)cc8)cc7)c6ccc54)cc3)cc2)cc1. The summed E-state index contributed by atoms with van der Waals surface area (Å²) in [5, 5.41) is 23.3. The fourth-order valence-electron chi connectivity index (χ4n) is 8.87. The molecule has 2 aromatic heterocycles. The number of hydrogen-bond acceptors (Lipinski definition) is 2. The van der Waals surface area contributed by atoms with Crippen LogP contribution in [-0.2, 0) is 0 Å². The first kappa shape index (κ1) is 34.8. The van der Waals surface area contributed by atoms with Crippen LogP contribution in [0.1, 0.15) is 11.1 Å². The Bertz CT molecular complexity index is 3250. The lowest BCUT2D eigenvalue weighted by Gasteiger charge is -2.11. The van der Waals surface area contributed by atoms with Crippen LogP contribution in [0.3, 0.4) is 0 Å². The summed E-state index contributed by atoms with van der Waals surface area (Å²) in [5.74, 6) is 0. The van der Waals surface area contributed by atoms with E-state index in [0.717, 1.165) is 55.9 Å². The van der Waals surface area contributed by atoms with Crippen LogP contribution in [0.25, 0.3) is 99.5 Å². The topological polar surface area (TPSA) is 57.4 Å². The minimum atomic E-state index is 0.665. The van der Waals surface area contributed by atoms with Gasteiger partial charge in [0, 0.05) is 32.9 Å². The Morgan fingerprint density at radius 2 is 0.533 bits per heavy atom. The molecule has 0 radical (unpaired) electrons. The second-order valence-electron chi connectivity index (χ2n) is 15.2. The molecule has 278 valence electrons. The molecule has 11 aromatic rings. The second-order valence-corrected chi connectivity index (χ2v) is 15.2. The summed E-state index contributed by atoms with van der Waals surface area (Å²) in [4.78, 5) is 0. The fraction of sp³-hybridized carbons (Fsp3) is 0. The Labute approximate surface area is 347 Å². The lowest BCUT2D eigenvalue weighted by Crippen LogP contribution is -1.95. The first-order valence-corrected chi connectivity index (χ1v) is 20.0. The van der Waals surface area contributed by atoms with Crippen LogP contribution in [0.2, 0.25) is 0 Å². The lowest BCUT2D eigenvalue weighted by atomic mass is 9.99. The van der Waals surface area contributed by atoms with Gasteiger partial charge in [-0.2, -0.15) is 10.5 Å². The monoisotopic (exact) mass is 762 g/mol. The number of hydrogen-bond donors (Lipinski definition) is 0. The first-order valence-electron chi connectivity index (χ1n) is 20.0. The fourth-order valence-corrected chi connectivity index (χ4v) is 8.87. The number of nitrogens with zero attached hydrogens (tertiary/aromatic N) is 4. The zero-order valence-corrected chi connectivity index (χ0v) is 32.4. The normalized spacial score (nSPS) is 11.3. The molecule has 0 aliphatic carbocycles. The van der Waals surface area contributed by atoms with Gasteiger partial charge in [0.05, 0.1) is 45.3 Å². The zero-order chi connectivity index (χ0) is 40.2. The molecule has 0 fully saturated rings. The molecular weight excluding hydrogens is 729 g/mol. The maximum atomic E-state index is 9.18. The Morgan fingerprint density at radius 3 is 0.833 bits per heavy atom. The van der Waals surface area contributed by atoms with Gasteiger partial charge in [0.25, 0.3) is 0 Å². The highest BCUT2D eigenvalue weighted by molar-refractivity contribution is 6.28. The Balaban J connectivity index is 0.964. The van der Waals surface area contributed by atoms with Crippen LogP contribution >= 0.6 is 0 Å². The molecule has 0 bridgehead atoms. The molecule has 0 spiro atoms. The van der Waals surface area contributed by atoms with Crippen molar-refractivity contribution in [2.45, 2.75) is 0 Å². The van der Waals surface area contributed by atoms with Gasteiger partial charge in [-0.1, -0.05) is 133 Å². The first-order chi connectivity index (χ1) is 29.6. The molecule has 0 saturated carbocycles. The van der Waals surface area contributed by atoms with Gasteiger partial charge in [-0.25, -0.2) is 0 Å². The molecular formula is C56H34N4. The molecule has 0 atom stereocenters. The third-order valence-corrected chi connectivity index (χ3v) is 11.9. The Hall–Kier alpha value is -8.44. The van der Waals surface area contributed by atoms with Crippen molar-refractivity contribution < 1.29 is 0 Å². The van der Waals surface area contributed by atoms with Crippen molar-refractivity contribution in [1.29, 1.82) is 10.5 Å². The van der Waals surface area contributed by atoms with Crippen LogP contribution in [0.5, 0.6) is 0 Å². The molecule has 4 heteroatoms. The van der Waals surface area contributed by atoms with Crippen molar-refractivity contribution in [2.24, 2.45) is 0 Å². The predicted octanol–water partition coefficient (Wildman–Crippen LogP) is 14.3. The van der Waals surface area contributed by atoms with Gasteiger partial charge < -0.3 is 9.13 Å². The van der Waals surface area contributed by atoms with Gasteiger partial charge in [-0.15, -0.1) is 0 Å². The van der Waals surface area contributed by atoms with E-state index in [4.69, 9.17) is 0 Å². The molecule has 0 aliphatic rings. The van der Waals surface area contributed by atoms with Gasteiger partial charge in [0.2, 0.25) is 0 Å². The van der Waals surface area contributed by atoms with E-state index in [0.29, 0.717) is 11.1 Å². The number of para-hydroxylation sites is 2. The lowest BCUT2D eigenvalue weighted by molar-refractivity contribution is 1.17. The third kappa shape index (κ3) is 5.75. The van der Waals surface area contributed by atoms with Gasteiger partial charge in [-0.05, 0) is 117 Å². The van der Waals surface area contributed by atoms with E-state index >= 15 is 0 Å². The van der Waals surface area contributed by atoms with Crippen molar-refractivity contribution in [3.63, 3.8) is 0 Å². The molecule has 0 saturated heterocycles. The average molecular weight is 763 g/mol. The summed E-state index contributed by atoms with van der Waals surface area (Å²) < 4.78 is 4.80. The summed E-state index contributed by atoms with van der Waals surface area (Å²) in [6.07, 6.45) is 0. The number of benzene rings is 9. The Morgan fingerprint density at radius 1 is 0.267 bits per heavy atom. The largest absolute Gasteiger partial charge is 0.309 e. The van der Waals surface area contributed by atoms with Gasteiger partial charge >= 0.3 is 0 Å². The molecule has 0 amide bonds. The number of aromatic nitrogens is 2. The van der Waals surface area contributed by atoms with Crippen LogP contribution in [0.15, 0.2) is 206 Å². The summed E-state index contributed by atoms with van der Waals surface area (Å²) in [7, 11) is 0. The number of fused-ring (bicyclic) bond motifs is 7. The third-order valence-electron chi connectivity index (χ3n) is 11.9. The van der Waals surface area contributed by atoms with E-state index < -0.39 is 0 Å². The van der Waals surface area contributed by atoms with Crippen LogP contribution in [0.4, 0.5) is 0 Å². The quantitative estimate of drug-likeness (QED) is 0.169. The highest BCUT2D eigenvalue weighted by atomic mass is 15.0. The molecule has 0 aliphatic heterocycles. The maximum Gasteiger partial charge on any atom is 0.0991 e. The van der Waals surface area contributed by atoms with Crippen LogP contribution < -0.4 is 0 Å². The van der Waals surface area contributed by atoms with E-state index in [1.54, 1.807) is 0 Å². The summed E-state index contributed by atoms with van der Waals surface area (Å²) >= 11 is 0.